The van der Waals surface area contributed by atoms with Crippen LogP contribution in [0, 0.1) is 0 Å². The number of benzene rings is 2. The van der Waals surface area contributed by atoms with Gasteiger partial charge >= 0.3 is 0 Å². The maximum Gasteiger partial charge on any atom is 0.286 e. The van der Waals surface area contributed by atoms with Gasteiger partial charge < -0.3 is 4.74 Å². The molecule has 7 nitrogen and oxygen atoms in total. The summed E-state index contributed by atoms with van der Waals surface area (Å²) in [5, 5.41) is 0.0739. The number of para-hydroxylation sites is 1. The van der Waals surface area contributed by atoms with Crippen molar-refractivity contribution in [3.63, 3.8) is 0 Å². The number of sulfonamides is 1. The molecule has 1 atom stereocenters. The first kappa shape index (κ1) is 36.1. The average Bonchev–Trinajstić information content (AvgIpc) is 3.00. The van der Waals surface area contributed by atoms with Crippen molar-refractivity contribution in [1.82, 2.24) is 4.83 Å². The van der Waals surface area contributed by atoms with Gasteiger partial charge in [0, 0.05) is 5.56 Å². The number of carbonyl (C=O) groups is 2. The molecule has 2 aromatic carbocycles. The lowest BCUT2D eigenvalue weighted by molar-refractivity contribution is -0.118. The molecule has 1 amide bonds. The largest absolute Gasteiger partial charge is 0.497 e. The van der Waals surface area contributed by atoms with Crippen molar-refractivity contribution in [2.75, 3.05) is 12.1 Å². The zero-order valence-corrected chi connectivity index (χ0v) is 27.4. The molecule has 0 spiro atoms. The molecule has 0 bridgehead atoms. The van der Waals surface area contributed by atoms with Crippen molar-refractivity contribution in [1.29, 1.82) is 0 Å². The Balaban J connectivity index is 2.20. The first-order valence-electron chi connectivity index (χ1n) is 15.1. The molecule has 0 aromatic heterocycles. The van der Waals surface area contributed by atoms with Gasteiger partial charge in [-0.1, -0.05) is 126 Å². The van der Waals surface area contributed by atoms with Crippen molar-refractivity contribution in [3.05, 3.63) is 60.2 Å². The molecular weight excluding hydrogens is 595 g/mol. The molecule has 0 radical (unpaired) electrons. The highest BCUT2D eigenvalue weighted by Gasteiger charge is 2.47. The van der Waals surface area contributed by atoms with E-state index in [1.807, 2.05) is 6.92 Å². The fraction of sp³-hybridized carbons (Fsp3) is 0.562. The van der Waals surface area contributed by atoms with Gasteiger partial charge in [-0.05, 0) is 49.2 Å². The zero-order chi connectivity index (χ0) is 31.0. The number of nitrogens with zero attached hydrogens (tertiary/aromatic N) is 1. The minimum Gasteiger partial charge on any atom is -0.497 e. The summed E-state index contributed by atoms with van der Waals surface area (Å²) >= 11 is 12.8. The van der Waals surface area contributed by atoms with Crippen molar-refractivity contribution < 1.29 is 22.7 Å². The van der Waals surface area contributed by atoms with Crippen LogP contribution in [0.4, 0.5) is 5.69 Å². The average molecular weight is 642 g/mol. The number of ketones is 1. The molecule has 1 unspecified atom stereocenters. The summed E-state index contributed by atoms with van der Waals surface area (Å²) in [4.78, 5) is 29.4. The van der Waals surface area contributed by atoms with E-state index in [-0.39, 0.29) is 11.3 Å². The van der Waals surface area contributed by atoms with Crippen LogP contribution in [0.5, 0.6) is 5.75 Å². The summed E-state index contributed by atoms with van der Waals surface area (Å²) < 4.78 is 30.0. The summed E-state index contributed by atoms with van der Waals surface area (Å²) in [7, 11) is -2.56. The number of hydrogen-bond donors (Lipinski definition) is 1. The Labute approximate surface area is 262 Å². The first-order valence-corrected chi connectivity index (χ1v) is 17.4. The Hall–Kier alpha value is -2.13. The third-order valence-corrected chi connectivity index (χ3v) is 9.74. The van der Waals surface area contributed by atoms with Crippen molar-refractivity contribution >= 4 is 50.6 Å². The summed E-state index contributed by atoms with van der Waals surface area (Å²) in [5.41, 5.74) is 0.271. The molecule has 42 heavy (non-hydrogen) atoms. The third-order valence-electron chi connectivity index (χ3n) is 7.29. The van der Waals surface area contributed by atoms with Gasteiger partial charge in [0.15, 0.2) is 0 Å². The van der Waals surface area contributed by atoms with Crippen LogP contribution in [0.15, 0.2) is 54.6 Å². The number of rotatable bonds is 21. The van der Waals surface area contributed by atoms with Gasteiger partial charge in [-0.3, -0.25) is 9.59 Å². The number of anilines is 1. The smallest absolute Gasteiger partial charge is 0.286 e. The molecule has 2 rings (SSSR count). The normalized spacial score (nSPS) is 12.6. The second-order valence-corrected chi connectivity index (χ2v) is 13.9. The van der Waals surface area contributed by atoms with E-state index in [4.69, 9.17) is 27.9 Å². The number of halogens is 2. The van der Waals surface area contributed by atoms with Crippen molar-refractivity contribution in [3.8, 4) is 5.75 Å². The standard InChI is InChI=1S/C32H46Cl2N2O5S/c1-4-6-8-9-10-11-12-13-17-21-29(20-7-5-2)42(39,40)35-36(27-18-15-14-16-19-27)31(38)32(33,34)30(37)26-22-24-28(41-3)25-23-26/h14-16,18-19,22-25,29,35H,4-13,17,20-21H2,1-3H3. The maximum atomic E-state index is 13.7. The number of alkyl halides is 2. The van der Waals surface area contributed by atoms with E-state index in [1.54, 1.807) is 42.5 Å². The molecule has 0 saturated heterocycles. The molecule has 2 aromatic rings. The number of ether oxygens (including phenoxy) is 1. The molecule has 10 heteroatoms. The Bertz CT molecular complexity index is 1190. The topological polar surface area (TPSA) is 92.8 Å². The zero-order valence-electron chi connectivity index (χ0n) is 25.1. The van der Waals surface area contributed by atoms with Gasteiger partial charge in [0.2, 0.25) is 15.8 Å². The highest BCUT2D eigenvalue weighted by atomic mass is 35.5. The Morgan fingerprint density at radius 2 is 1.33 bits per heavy atom. The van der Waals surface area contributed by atoms with Crippen LogP contribution in [-0.4, -0.2) is 36.8 Å². The summed E-state index contributed by atoms with van der Waals surface area (Å²) in [6.45, 7) is 4.21. The van der Waals surface area contributed by atoms with Gasteiger partial charge in [0.1, 0.15) is 5.75 Å². The quantitative estimate of drug-likeness (QED) is 0.0486. The van der Waals surface area contributed by atoms with Gasteiger partial charge in [0.05, 0.1) is 18.0 Å². The predicted molar refractivity (Wildman–Crippen MR) is 173 cm³/mol. The van der Waals surface area contributed by atoms with Crippen molar-refractivity contribution in [2.24, 2.45) is 0 Å². The van der Waals surface area contributed by atoms with Gasteiger partial charge in [0.25, 0.3) is 10.2 Å². The van der Waals surface area contributed by atoms with E-state index >= 15 is 0 Å². The fourth-order valence-corrected chi connectivity index (χ4v) is 6.65. The van der Waals surface area contributed by atoms with Crippen LogP contribution in [0.1, 0.15) is 108 Å². The fourth-order valence-electron chi connectivity index (χ4n) is 4.72. The number of Topliss-reactive ketones (excluding diaryl/α,β-unsaturated/α-hetero) is 1. The number of methoxy groups -OCH3 is 1. The lowest BCUT2D eigenvalue weighted by Crippen LogP contribution is -2.56. The van der Waals surface area contributed by atoms with Crippen LogP contribution in [0.2, 0.25) is 0 Å². The van der Waals surface area contributed by atoms with E-state index in [0.29, 0.717) is 18.6 Å². The molecule has 234 valence electrons. The van der Waals surface area contributed by atoms with E-state index < -0.39 is 31.3 Å². The molecule has 0 heterocycles. The molecule has 1 N–H and O–H groups in total. The van der Waals surface area contributed by atoms with Gasteiger partial charge in [-0.25, -0.2) is 13.4 Å². The molecule has 0 aliphatic heterocycles. The number of hydrazine groups is 1. The van der Waals surface area contributed by atoms with E-state index in [0.717, 1.165) is 43.5 Å². The Morgan fingerprint density at radius 3 is 1.88 bits per heavy atom. The molecular formula is C32H46Cl2N2O5S. The van der Waals surface area contributed by atoms with Crippen LogP contribution < -0.4 is 14.6 Å². The number of nitrogens with one attached hydrogen (secondary N) is 1. The second kappa shape index (κ2) is 18.5. The lowest BCUT2D eigenvalue weighted by atomic mass is 10.0. The van der Waals surface area contributed by atoms with Crippen LogP contribution in [0.25, 0.3) is 0 Å². The minimum atomic E-state index is -4.04. The van der Waals surface area contributed by atoms with E-state index in [2.05, 4.69) is 11.8 Å². The molecule has 0 saturated carbocycles. The van der Waals surface area contributed by atoms with Gasteiger partial charge in [-0.2, -0.15) is 0 Å². The van der Waals surface area contributed by atoms with Crippen LogP contribution in [0.3, 0.4) is 0 Å². The maximum absolute atomic E-state index is 13.7. The Kier molecular flexibility index (Phi) is 15.9. The summed E-state index contributed by atoms with van der Waals surface area (Å²) in [6, 6.07) is 14.1. The molecule has 0 fully saturated rings. The monoisotopic (exact) mass is 640 g/mol. The lowest BCUT2D eigenvalue weighted by Gasteiger charge is -2.30. The molecule has 0 aliphatic rings. The Morgan fingerprint density at radius 1 is 0.810 bits per heavy atom. The molecule has 0 aliphatic carbocycles. The summed E-state index contributed by atoms with van der Waals surface area (Å²) in [5.74, 6) is -1.48. The SMILES string of the molecule is CCCCCCCCCCCC(CCCC)S(=O)(=O)NN(C(=O)C(Cl)(Cl)C(=O)c1ccc(OC)cc1)c1ccccc1. The predicted octanol–water partition coefficient (Wildman–Crippen LogP) is 8.40. The highest BCUT2D eigenvalue weighted by molar-refractivity contribution is 7.90. The second-order valence-electron chi connectivity index (χ2n) is 10.6. The highest BCUT2D eigenvalue weighted by Crippen LogP contribution is 2.31. The first-order chi connectivity index (χ1) is 20.1. The number of hydrogen-bond acceptors (Lipinski definition) is 5. The summed E-state index contributed by atoms with van der Waals surface area (Å²) in [6.07, 6.45) is 12.7. The minimum absolute atomic E-state index is 0.0798. The number of amides is 1. The van der Waals surface area contributed by atoms with E-state index in [9.17, 15) is 18.0 Å². The van der Waals surface area contributed by atoms with Crippen LogP contribution >= 0.6 is 23.2 Å². The van der Waals surface area contributed by atoms with Crippen LogP contribution in [-0.2, 0) is 14.8 Å². The third kappa shape index (κ3) is 11.2. The number of unbranched alkanes of at least 4 members (excludes halogenated alkanes) is 9. The van der Waals surface area contributed by atoms with Crippen molar-refractivity contribution in [2.45, 2.75) is 107 Å². The number of carbonyl (C=O) groups excluding carboxylic acids is 2. The van der Waals surface area contributed by atoms with E-state index in [1.165, 1.54) is 51.3 Å². The van der Waals surface area contributed by atoms with Gasteiger partial charge in [-0.15, -0.1) is 4.83 Å².